The Morgan fingerprint density at radius 2 is 1.74 bits per heavy atom. The van der Waals surface area contributed by atoms with Gasteiger partial charge in [0.2, 0.25) is 0 Å². The maximum Gasteiger partial charge on any atom is 0.261 e. The number of nitrogens with zero attached hydrogens (tertiary/aromatic N) is 1. The van der Waals surface area contributed by atoms with Gasteiger partial charge in [-0.15, -0.1) is 0 Å². The fraction of sp³-hybridized carbons (Fsp3) is 0.222. The van der Waals surface area contributed by atoms with Crippen molar-refractivity contribution in [3.63, 3.8) is 0 Å². The second-order valence-electron chi connectivity index (χ2n) is 4.96. The maximum absolute atomic E-state index is 12.1. The van der Waals surface area contributed by atoms with E-state index in [1.54, 1.807) is 38.3 Å². The molecule has 2 aromatic rings. The van der Waals surface area contributed by atoms with Crippen LogP contribution in [0.15, 0.2) is 48.5 Å². The van der Waals surface area contributed by atoms with Gasteiger partial charge in [0.15, 0.2) is 6.10 Å². The third-order valence-electron chi connectivity index (χ3n) is 3.29. The lowest BCUT2D eigenvalue weighted by Gasteiger charge is -2.15. The molecule has 0 fully saturated rings. The highest BCUT2D eigenvalue weighted by Crippen LogP contribution is 2.14. The van der Waals surface area contributed by atoms with Crippen LogP contribution in [-0.4, -0.2) is 19.1 Å². The van der Waals surface area contributed by atoms with E-state index in [9.17, 15) is 4.79 Å². The second-order valence-corrected chi connectivity index (χ2v) is 4.96. The standard InChI is InChI=1S/C18H18N2O3/c1-13(23-17-9-3-14(11-19)4-10-17)18(21)20-12-15-5-7-16(22-2)8-6-15/h3-10,13H,12H2,1-2H3,(H,20,21)/t13-/m1/s1. The van der Waals surface area contributed by atoms with Crippen molar-refractivity contribution in [3.05, 3.63) is 59.7 Å². The molecule has 0 aliphatic rings. The highest BCUT2D eigenvalue weighted by atomic mass is 16.5. The van der Waals surface area contributed by atoms with Crippen LogP contribution in [0.25, 0.3) is 0 Å². The molecule has 0 saturated heterocycles. The molecule has 5 nitrogen and oxygen atoms in total. The Kier molecular flexibility index (Phi) is 5.59. The summed E-state index contributed by atoms with van der Waals surface area (Å²) < 4.78 is 10.6. The number of nitriles is 1. The third kappa shape index (κ3) is 4.75. The van der Waals surface area contributed by atoms with Gasteiger partial charge < -0.3 is 14.8 Å². The summed E-state index contributed by atoms with van der Waals surface area (Å²) in [5.74, 6) is 1.12. The summed E-state index contributed by atoms with van der Waals surface area (Å²) in [5.41, 5.74) is 1.53. The SMILES string of the molecule is COc1ccc(CNC(=O)[C@@H](C)Oc2ccc(C#N)cc2)cc1. The lowest BCUT2D eigenvalue weighted by Crippen LogP contribution is -2.35. The Morgan fingerprint density at radius 1 is 1.13 bits per heavy atom. The molecule has 0 radical (unpaired) electrons. The van der Waals surface area contributed by atoms with Gasteiger partial charge >= 0.3 is 0 Å². The van der Waals surface area contributed by atoms with Gasteiger partial charge in [-0.05, 0) is 48.9 Å². The maximum atomic E-state index is 12.1. The molecule has 0 saturated carbocycles. The summed E-state index contributed by atoms with van der Waals surface area (Å²) in [7, 11) is 1.61. The van der Waals surface area contributed by atoms with E-state index in [0.29, 0.717) is 17.9 Å². The molecule has 118 valence electrons. The van der Waals surface area contributed by atoms with E-state index in [0.717, 1.165) is 11.3 Å². The number of hydrogen-bond acceptors (Lipinski definition) is 4. The van der Waals surface area contributed by atoms with Gasteiger partial charge in [0.05, 0.1) is 18.7 Å². The van der Waals surface area contributed by atoms with E-state index >= 15 is 0 Å². The number of hydrogen-bond donors (Lipinski definition) is 1. The zero-order valence-electron chi connectivity index (χ0n) is 13.1. The number of methoxy groups -OCH3 is 1. The van der Waals surface area contributed by atoms with Crippen LogP contribution in [0.4, 0.5) is 0 Å². The number of nitrogens with one attached hydrogen (secondary N) is 1. The van der Waals surface area contributed by atoms with Crippen LogP contribution in [0, 0.1) is 11.3 Å². The smallest absolute Gasteiger partial charge is 0.261 e. The van der Waals surface area contributed by atoms with Crippen LogP contribution in [0.5, 0.6) is 11.5 Å². The molecule has 2 rings (SSSR count). The van der Waals surface area contributed by atoms with Gasteiger partial charge in [-0.3, -0.25) is 4.79 Å². The Balaban J connectivity index is 1.85. The number of carbonyl (C=O) groups excluding carboxylic acids is 1. The summed E-state index contributed by atoms with van der Waals surface area (Å²) in [6, 6.07) is 16.2. The Hall–Kier alpha value is -3.00. The van der Waals surface area contributed by atoms with Gasteiger partial charge in [0.1, 0.15) is 11.5 Å². The Bertz CT molecular complexity index is 688. The monoisotopic (exact) mass is 310 g/mol. The predicted molar refractivity (Wildman–Crippen MR) is 86.1 cm³/mol. The lowest BCUT2D eigenvalue weighted by molar-refractivity contribution is -0.127. The van der Waals surface area contributed by atoms with E-state index < -0.39 is 6.10 Å². The molecule has 0 bridgehead atoms. The van der Waals surface area contributed by atoms with Gasteiger partial charge in [0, 0.05) is 6.54 Å². The van der Waals surface area contributed by atoms with Crippen molar-refractivity contribution in [2.24, 2.45) is 0 Å². The van der Waals surface area contributed by atoms with Crippen molar-refractivity contribution in [2.75, 3.05) is 7.11 Å². The van der Waals surface area contributed by atoms with Crippen LogP contribution in [0.1, 0.15) is 18.1 Å². The zero-order valence-corrected chi connectivity index (χ0v) is 13.1. The third-order valence-corrected chi connectivity index (χ3v) is 3.29. The molecule has 5 heteroatoms. The molecule has 2 aromatic carbocycles. The van der Waals surface area contributed by atoms with Gasteiger partial charge in [-0.1, -0.05) is 12.1 Å². The summed E-state index contributed by atoms with van der Waals surface area (Å²) in [4.78, 5) is 12.1. The molecule has 23 heavy (non-hydrogen) atoms. The Morgan fingerprint density at radius 3 is 2.30 bits per heavy atom. The summed E-state index contributed by atoms with van der Waals surface area (Å²) in [5, 5.41) is 11.6. The van der Waals surface area contributed by atoms with Crippen molar-refractivity contribution in [2.45, 2.75) is 19.6 Å². The average Bonchev–Trinajstić information content (AvgIpc) is 2.60. The van der Waals surface area contributed by atoms with Crippen molar-refractivity contribution in [1.29, 1.82) is 5.26 Å². The first kappa shape index (κ1) is 16.4. The highest BCUT2D eigenvalue weighted by molar-refractivity contribution is 5.80. The van der Waals surface area contributed by atoms with Crippen molar-refractivity contribution in [1.82, 2.24) is 5.32 Å². The highest BCUT2D eigenvalue weighted by Gasteiger charge is 2.14. The number of ether oxygens (including phenoxy) is 2. The Labute approximate surface area is 135 Å². The first-order chi connectivity index (χ1) is 11.1. The minimum atomic E-state index is -0.624. The largest absolute Gasteiger partial charge is 0.497 e. The number of amides is 1. The molecule has 0 heterocycles. The number of carbonyl (C=O) groups is 1. The van der Waals surface area contributed by atoms with E-state index in [1.165, 1.54) is 0 Å². The lowest BCUT2D eigenvalue weighted by atomic mass is 10.2. The minimum absolute atomic E-state index is 0.204. The van der Waals surface area contributed by atoms with E-state index in [-0.39, 0.29) is 5.91 Å². The quantitative estimate of drug-likeness (QED) is 0.890. The fourth-order valence-electron chi connectivity index (χ4n) is 1.94. The molecule has 0 aliphatic carbocycles. The molecule has 0 aromatic heterocycles. The molecular weight excluding hydrogens is 292 g/mol. The van der Waals surface area contributed by atoms with Crippen LogP contribution in [0.2, 0.25) is 0 Å². The molecule has 0 unspecified atom stereocenters. The molecule has 1 atom stereocenters. The van der Waals surface area contributed by atoms with E-state index in [1.807, 2.05) is 30.3 Å². The number of rotatable bonds is 6. The summed E-state index contributed by atoms with van der Waals surface area (Å²) in [6.45, 7) is 2.10. The topological polar surface area (TPSA) is 71.3 Å². The molecule has 0 aliphatic heterocycles. The molecule has 1 N–H and O–H groups in total. The minimum Gasteiger partial charge on any atom is -0.497 e. The van der Waals surface area contributed by atoms with Gasteiger partial charge in [-0.2, -0.15) is 5.26 Å². The normalized spacial score (nSPS) is 11.2. The second kappa shape index (κ2) is 7.85. The van der Waals surface area contributed by atoms with E-state index in [2.05, 4.69) is 5.32 Å². The van der Waals surface area contributed by atoms with Crippen LogP contribution >= 0.6 is 0 Å². The predicted octanol–water partition coefficient (Wildman–Crippen LogP) is 2.65. The van der Waals surface area contributed by atoms with Gasteiger partial charge in [-0.25, -0.2) is 0 Å². The van der Waals surface area contributed by atoms with Crippen LogP contribution in [0.3, 0.4) is 0 Å². The number of benzene rings is 2. The zero-order chi connectivity index (χ0) is 16.7. The van der Waals surface area contributed by atoms with E-state index in [4.69, 9.17) is 14.7 Å². The van der Waals surface area contributed by atoms with Gasteiger partial charge in [0.25, 0.3) is 5.91 Å². The van der Waals surface area contributed by atoms with Crippen molar-refractivity contribution >= 4 is 5.91 Å². The first-order valence-corrected chi connectivity index (χ1v) is 7.20. The van der Waals surface area contributed by atoms with Crippen molar-refractivity contribution in [3.8, 4) is 17.6 Å². The molecule has 0 spiro atoms. The molecule has 1 amide bonds. The van der Waals surface area contributed by atoms with Crippen molar-refractivity contribution < 1.29 is 14.3 Å². The van der Waals surface area contributed by atoms with Crippen LogP contribution in [-0.2, 0) is 11.3 Å². The van der Waals surface area contributed by atoms with Crippen LogP contribution < -0.4 is 14.8 Å². The average molecular weight is 310 g/mol. The summed E-state index contributed by atoms with van der Waals surface area (Å²) >= 11 is 0. The fourth-order valence-corrected chi connectivity index (χ4v) is 1.94. The molecular formula is C18H18N2O3. The first-order valence-electron chi connectivity index (χ1n) is 7.20. The summed E-state index contributed by atoms with van der Waals surface area (Å²) in [6.07, 6.45) is -0.624.